The smallest absolute Gasteiger partial charge is 0.125 e. The summed E-state index contributed by atoms with van der Waals surface area (Å²) < 4.78 is 0. The molecule has 1 atom stereocenters. The summed E-state index contributed by atoms with van der Waals surface area (Å²) in [4.78, 5) is 8.60. The number of fused-ring (bicyclic) bond motifs is 1. The Bertz CT molecular complexity index is 749. The summed E-state index contributed by atoms with van der Waals surface area (Å²) in [6.07, 6.45) is 2.55. The van der Waals surface area contributed by atoms with Crippen molar-refractivity contribution in [3.63, 3.8) is 0 Å². The van der Waals surface area contributed by atoms with Crippen LogP contribution in [-0.2, 0) is 6.42 Å². The van der Waals surface area contributed by atoms with Gasteiger partial charge in [-0.1, -0.05) is 42.5 Å². The van der Waals surface area contributed by atoms with Crippen molar-refractivity contribution < 1.29 is 0 Å². The monoisotopic (exact) mass is 278 g/mol. The molecule has 0 saturated heterocycles. The van der Waals surface area contributed by atoms with Crippen LogP contribution in [0.25, 0.3) is 10.8 Å². The molecule has 106 valence electrons. The first-order valence-corrected chi connectivity index (χ1v) is 7.00. The number of nitrogens with zero attached hydrogens (tertiary/aromatic N) is 2. The van der Waals surface area contributed by atoms with Crippen LogP contribution in [-0.4, -0.2) is 9.97 Å². The van der Waals surface area contributed by atoms with E-state index in [1.54, 1.807) is 6.20 Å². The molecule has 0 radical (unpaired) electrons. The van der Waals surface area contributed by atoms with E-state index in [1.165, 1.54) is 16.3 Å². The molecule has 4 nitrogen and oxygen atoms in total. The first-order valence-electron chi connectivity index (χ1n) is 7.00. The molecule has 0 bridgehead atoms. The summed E-state index contributed by atoms with van der Waals surface area (Å²) in [5.74, 6) is 6.49. The maximum absolute atomic E-state index is 5.74. The van der Waals surface area contributed by atoms with Crippen LogP contribution in [0.1, 0.15) is 23.1 Å². The molecule has 0 aliphatic carbocycles. The fourth-order valence-corrected chi connectivity index (χ4v) is 2.61. The summed E-state index contributed by atoms with van der Waals surface area (Å²) in [6, 6.07) is 16.6. The zero-order valence-corrected chi connectivity index (χ0v) is 12.0. The van der Waals surface area contributed by atoms with Gasteiger partial charge in [0.05, 0.1) is 11.7 Å². The highest BCUT2D eigenvalue weighted by Crippen LogP contribution is 2.23. The van der Waals surface area contributed by atoms with Gasteiger partial charge in [-0.05, 0) is 35.7 Å². The Labute approximate surface area is 124 Å². The molecule has 0 spiro atoms. The lowest BCUT2D eigenvalue weighted by atomic mass is 9.97. The Kier molecular flexibility index (Phi) is 3.90. The lowest BCUT2D eigenvalue weighted by Gasteiger charge is -2.17. The minimum atomic E-state index is -0.0301. The molecule has 0 aliphatic heterocycles. The topological polar surface area (TPSA) is 63.8 Å². The van der Waals surface area contributed by atoms with Crippen molar-refractivity contribution >= 4 is 10.8 Å². The van der Waals surface area contributed by atoms with Gasteiger partial charge in [-0.15, -0.1) is 0 Å². The van der Waals surface area contributed by atoms with E-state index in [0.717, 1.165) is 17.9 Å². The number of nitrogens with one attached hydrogen (secondary N) is 1. The van der Waals surface area contributed by atoms with Crippen molar-refractivity contribution in [1.29, 1.82) is 0 Å². The van der Waals surface area contributed by atoms with E-state index < -0.39 is 0 Å². The summed E-state index contributed by atoms with van der Waals surface area (Å²) in [6.45, 7) is 1.88. The van der Waals surface area contributed by atoms with Gasteiger partial charge < -0.3 is 0 Å². The lowest BCUT2D eigenvalue weighted by molar-refractivity contribution is 0.537. The number of rotatable bonds is 4. The van der Waals surface area contributed by atoms with Gasteiger partial charge in [0, 0.05) is 6.20 Å². The first kappa shape index (κ1) is 13.7. The van der Waals surface area contributed by atoms with E-state index in [9.17, 15) is 0 Å². The predicted octanol–water partition coefficient (Wildman–Crippen LogP) is 2.69. The Morgan fingerprint density at radius 1 is 1.10 bits per heavy atom. The maximum Gasteiger partial charge on any atom is 0.125 e. The standard InChI is InChI=1S/C17H18N4/c1-12-19-10-9-16(20-12)17(21-18)11-14-7-4-6-13-5-2-3-8-15(13)14/h2-10,17,21H,11,18H2,1H3. The average molecular weight is 278 g/mol. The predicted molar refractivity (Wildman–Crippen MR) is 84.5 cm³/mol. The molecule has 1 unspecified atom stereocenters. The van der Waals surface area contributed by atoms with Gasteiger partial charge in [0.25, 0.3) is 0 Å². The number of benzene rings is 2. The van der Waals surface area contributed by atoms with Crippen LogP contribution in [0.15, 0.2) is 54.7 Å². The number of aryl methyl sites for hydroxylation is 1. The van der Waals surface area contributed by atoms with Crippen LogP contribution in [0.5, 0.6) is 0 Å². The quantitative estimate of drug-likeness (QED) is 0.569. The second kappa shape index (κ2) is 5.99. The van der Waals surface area contributed by atoms with Crippen LogP contribution in [0.2, 0.25) is 0 Å². The third-order valence-electron chi connectivity index (χ3n) is 3.66. The molecule has 4 heteroatoms. The van der Waals surface area contributed by atoms with E-state index in [2.05, 4.69) is 57.9 Å². The molecular weight excluding hydrogens is 260 g/mol. The number of hydrogen-bond donors (Lipinski definition) is 2. The van der Waals surface area contributed by atoms with Crippen molar-refractivity contribution in [2.24, 2.45) is 5.84 Å². The van der Waals surface area contributed by atoms with Crippen LogP contribution in [0.4, 0.5) is 0 Å². The van der Waals surface area contributed by atoms with Gasteiger partial charge in [0.15, 0.2) is 0 Å². The SMILES string of the molecule is Cc1nccc(C(Cc2cccc3ccccc23)NN)n1. The number of hydrazine groups is 1. The molecule has 0 fully saturated rings. The van der Waals surface area contributed by atoms with E-state index in [4.69, 9.17) is 5.84 Å². The van der Waals surface area contributed by atoms with Gasteiger partial charge in [-0.3, -0.25) is 11.3 Å². The third kappa shape index (κ3) is 2.91. The number of aromatic nitrogens is 2. The van der Waals surface area contributed by atoms with Crippen molar-refractivity contribution in [3.05, 3.63) is 71.8 Å². The van der Waals surface area contributed by atoms with Crippen molar-refractivity contribution in [2.45, 2.75) is 19.4 Å². The van der Waals surface area contributed by atoms with E-state index in [1.807, 2.05) is 13.0 Å². The van der Waals surface area contributed by atoms with Crippen LogP contribution in [0, 0.1) is 6.92 Å². The zero-order chi connectivity index (χ0) is 14.7. The summed E-state index contributed by atoms with van der Waals surface area (Å²) in [7, 11) is 0. The van der Waals surface area contributed by atoms with Crippen molar-refractivity contribution in [2.75, 3.05) is 0 Å². The third-order valence-corrected chi connectivity index (χ3v) is 3.66. The van der Waals surface area contributed by atoms with Gasteiger partial charge >= 0.3 is 0 Å². The van der Waals surface area contributed by atoms with Crippen LogP contribution in [0.3, 0.4) is 0 Å². The molecule has 1 heterocycles. The van der Waals surface area contributed by atoms with Gasteiger partial charge in [-0.2, -0.15) is 0 Å². The normalized spacial score (nSPS) is 12.5. The van der Waals surface area contributed by atoms with Crippen molar-refractivity contribution in [1.82, 2.24) is 15.4 Å². The fourth-order valence-electron chi connectivity index (χ4n) is 2.61. The number of hydrogen-bond acceptors (Lipinski definition) is 4. The maximum atomic E-state index is 5.74. The van der Waals surface area contributed by atoms with E-state index >= 15 is 0 Å². The molecule has 3 aromatic rings. The highest BCUT2D eigenvalue weighted by atomic mass is 15.2. The second-order valence-electron chi connectivity index (χ2n) is 5.09. The Morgan fingerprint density at radius 2 is 1.90 bits per heavy atom. The Hall–Kier alpha value is -2.30. The van der Waals surface area contributed by atoms with Gasteiger partial charge in [0.2, 0.25) is 0 Å². The average Bonchev–Trinajstić information content (AvgIpc) is 2.52. The fraction of sp³-hybridized carbons (Fsp3) is 0.176. The first-order chi connectivity index (χ1) is 10.3. The van der Waals surface area contributed by atoms with Crippen LogP contribution >= 0.6 is 0 Å². The zero-order valence-electron chi connectivity index (χ0n) is 12.0. The molecule has 2 aromatic carbocycles. The Morgan fingerprint density at radius 3 is 2.71 bits per heavy atom. The molecule has 3 N–H and O–H groups in total. The number of nitrogens with two attached hydrogens (primary N) is 1. The highest BCUT2D eigenvalue weighted by Gasteiger charge is 2.14. The van der Waals surface area contributed by atoms with Gasteiger partial charge in [0.1, 0.15) is 5.82 Å². The summed E-state index contributed by atoms with van der Waals surface area (Å²) in [5, 5.41) is 2.50. The molecule has 0 saturated carbocycles. The van der Waals surface area contributed by atoms with Gasteiger partial charge in [-0.25, -0.2) is 9.97 Å². The second-order valence-corrected chi connectivity index (χ2v) is 5.09. The molecular formula is C17H18N4. The van der Waals surface area contributed by atoms with Crippen molar-refractivity contribution in [3.8, 4) is 0 Å². The lowest BCUT2D eigenvalue weighted by Crippen LogP contribution is -2.30. The largest absolute Gasteiger partial charge is 0.271 e. The molecule has 1 aromatic heterocycles. The molecule has 21 heavy (non-hydrogen) atoms. The minimum Gasteiger partial charge on any atom is -0.271 e. The summed E-state index contributed by atoms with van der Waals surface area (Å²) >= 11 is 0. The van der Waals surface area contributed by atoms with Crippen LogP contribution < -0.4 is 11.3 Å². The Balaban J connectivity index is 1.96. The van der Waals surface area contributed by atoms with E-state index in [0.29, 0.717) is 0 Å². The molecule has 0 amide bonds. The van der Waals surface area contributed by atoms with E-state index in [-0.39, 0.29) is 6.04 Å². The summed E-state index contributed by atoms with van der Waals surface area (Å²) in [5.41, 5.74) is 5.04. The molecule has 0 aliphatic rings. The molecule has 3 rings (SSSR count). The minimum absolute atomic E-state index is 0.0301. The highest BCUT2D eigenvalue weighted by molar-refractivity contribution is 5.85.